The molecule has 2 rings (SSSR count). The van der Waals surface area contributed by atoms with Crippen LogP contribution in [0.15, 0.2) is 58.2 Å². The van der Waals surface area contributed by atoms with Gasteiger partial charge in [0, 0.05) is 24.2 Å². The van der Waals surface area contributed by atoms with E-state index in [1.807, 2.05) is 0 Å². The van der Waals surface area contributed by atoms with Gasteiger partial charge in [-0.3, -0.25) is 4.79 Å². The summed E-state index contributed by atoms with van der Waals surface area (Å²) in [5, 5.41) is 10.4. The van der Waals surface area contributed by atoms with Crippen LogP contribution in [-0.4, -0.2) is 47.7 Å². The molecule has 1 amide bonds. The number of alkyl halides is 3. The molecule has 0 radical (unpaired) electrons. The molecule has 7 nitrogen and oxygen atoms in total. The maximum Gasteiger partial charge on any atom is 0.446 e. The topological polar surface area (TPSA) is 77.7 Å². The molecule has 0 aliphatic heterocycles. The van der Waals surface area contributed by atoms with Gasteiger partial charge in [-0.15, -0.1) is 5.10 Å². The van der Waals surface area contributed by atoms with Crippen LogP contribution in [0.25, 0.3) is 5.69 Å². The summed E-state index contributed by atoms with van der Waals surface area (Å²) in [6.07, 6.45) is 3.27. The third-order valence-corrected chi connectivity index (χ3v) is 4.26. The Balaban J connectivity index is 2.00. The average molecular weight is 428 g/mol. The number of carbonyl (C=O) groups is 1. The highest BCUT2D eigenvalue weighted by Crippen LogP contribution is 2.36. The smallest absolute Gasteiger partial charge is 0.446 e. The van der Waals surface area contributed by atoms with Gasteiger partial charge in [0.2, 0.25) is 5.88 Å². The Morgan fingerprint density at radius 2 is 2.00 bits per heavy atom. The quantitative estimate of drug-likeness (QED) is 0.395. The van der Waals surface area contributed by atoms with Gasteiger partial charge in [-0.2, -0.15) is 13.2 Å². The molecule has 0 bridgehead atoms. The van der Waals surface area contributed by atoms with Gasteiger partial charge in [-0.05, 0) is 54.6 Å². The van der Waals surface area contributed by atoms with Gasteiger partial charge >= 0.3 is 5.51 Å². The second-order valence-electron chi connectivity index (χ2n) is 5.54. The molecule has 2 aromatic rings. The number of aromatic nitrogens is 2. The highest BCUT2D eigenvalue weighted by atomic mass is 32.2. The molecule has 156 valence electrons. The van der Waals surface area contributed by atoms with E-state index in [0.29, 0.717) is 17.1 Å². The molecular formula is C18H19F3N4O3S. The standard InChI is InChI=1S/C18H19F3N4O3S/c1-12(16(24-27-3)17(26)22-2)9-11-28-15-8-10-25(23-15)13-4-6-14(7-5-13)29-18(19,20)21/h4-10H,11H2,1-3H3,(H,22,26)/b12-9?,24-16+. The zero-order chi connectivity index (χ0) is 21.4. The predicted octanol–water partition coefficient (Wildman–Crippen LogP) is 3.56. The van der Waals surface area contributed by atoms with Crippen LogP contribution < -0.4 is 10.1 Å². The Bertz CT molecular complexity index is 893. The van der Waals surface area contributed by atoms with E-state index in [0.717, 1.165) is 0 Å². The fraction of sp³-hybridized carbons (Fsp3) is 0.278. The van der Waals surface area contributed by atoms with E-state index < -0.39 is 11.4 Å². The third-order valence-electron chi connectivity index (χ3n) is 3.52. The summed E-state index contributed by atoms with van der Waals surface area (Å²) >= 11 is -0.175. The summed E-state index contributed by atoms with van der Waals surface area (Å²) in [4.78, 5) is 16.5. The number of hydrogen-bond donors (Lipinski definition) is 1. The number of carbonyl (C=O) groups excluding carboxylic acids is 1. The van der Waals surface area contributed by atoms with Crippen LogP contribution in [0, 0.1) is 0 Å². The van der Waals surface area contributed by atoms with Crippen molar-refractivity contribution in [2.45, 2.75) is 17.3 Å². The van der Waals surface area contributed by atoms with E-state index in [4.69, 9.17) is 4.74 Å². The summed E-state index contributed by atoms with van der Waals surface area (Å²) in [6.45, 7) is 1.82. The Hall–Kier alpha value is -2.95. The SMILES string of the molecule is CNC(=O)/C(=N/OC)C(C)=CCOc1ccn(-c2ccc(SC(F)(F)F)cc2)n1. The fourth-order valence-electron chi connectivity index (χ4n) is 2.18. The summed E-state index contributed by atoms with van der Waals surface area (Å²) in [7, 11) is 2.83. The molecule has 1 aromatic heterocycles. The number of nitrogens with zero attached hydrogens (tertiary/aromatic N) is 3. The van der Waals surface area contributed by atoms with Gasteiger partial charge in [0.15, 0.2) is 5.71 Å². The van der Waals surface area contributed by atoms with E-state index in [2.05, 4.69) is 20.4 Å². The number of thioether (sulfide) groups is 1. The Morgan fingerprint density at radius 3 is 2.59 bits per heavy atom. The van der Waals surface area contributed by atoms with Crippen molar-refractivity contribution in [1.82, 2.24) is 15.1 Å². The molecule has 1 N–H and O–H groups in total. The molecule has 0 unspecified atom stereocenters. The molecule has 0 fully saturated rings. The first-order valence-electron chi connectivity index (χ1n) is 8.28. The van der Waals surface area contributed by atoms with Gasteiger partial charge in [0.25, 0.3) is 5.91 Å². The molecule has 0 aliphatic rings. The van der Waals surface area contributed by atoms with Crippen molar-refractivity contribution in [3.63, 3.8) is 0 Å². The van der Waals surface area contributed by atoms with Gasteiger partial charge < -0.3 is 14.9 Å². The van der Waals surface area contributed by atoms with Crippen molar-refractivity contribution in [1.29, 1.82) is 0 Å². The average Bonchev–Trinajstić information content (AvgIpc) is 3.13. The molecule has 29 heavy (non-hydrogen) atoms. The highest BCUT2D eigenvalue weighted by Gasteiger charge is 2.29. The molecule has 0 aliphatic carbocycles. The van der Waals surface area contributed by atoms with Crippen LogP contribution in [0.5, 0.6) is 5.88 Å². The largest absolute Gasteiger partial charge is 0.472 e. The summed E-state index contributed by atoms with van der Waals surface area (Å²) < 4.78 is 44.2. The predicted molar refractivity (Wildman–Crippen MR) is 103 cm³/mol. The minimum Gasteiger partial charge on any atom is -0.472 e. The lowest BCUT2D eigenvalue weighted by Crippen LogP contribution is -2.28. The Kier molecular flexibility index (Phi) is 7.71. The van der Waals surface area contributed by atoms with E-state index in [-0.39, 0.29) is 29.0 Å². The molecule has 1 heterocycles. The van der Waals surface area contributed by atoms with E-state index in [1.165, 1.54) is 43.1 Å². The van der Waals surface area contributed by atoms with Crippen molar-refractivity contribution >= 4 is 23.4 Å². The number of hydrogen-bond acceptors (Lipinski definition) is 6. The van der Waals surface area contributed by atoms with Gasteiger partial charge in [0.05, 0.1) is 5.69 Å². The molecule has 0 saturated heterocycles. The number of ether oxygens (including phenoxy) is 1. The van der Waals surface area contributed by atoms with Crippen molar-refractivity contribution in [2.75, 3.05) is 20.8 Å². The first kappa shape index (κ1) is 22.3. The van der Waals surface area contributed by atoms with Crippen LogP contribution in [0.4, 0.5) is 13.2 Å². The fourth-order valence-corrected chi connectivity index (χ4v) is 2.72. The lowest BCUT2D eigenvalue weighted by molar-refractivity contribution is -0.114. The molecule has 11 heteroatoms. The van der Waals surface area contributed by atoms with Crippen LogP contribution >= 0.6 is 11.8 Å². The van der Waals surface area contributed by atoms with Gasteiger partial charge in [-0.1, -0.05) is 5.16 Å². The zero-order valence-electron chi connectivity index (χ0n) is 15.9. The normalized spacial score (nSPS) is 12.6. The molecular weight excluding hydrogens is 409 g/mol. The second kappa shape index (κ2) is 10.0. The van der Waals surface area contributed by atoms with E-state index in [9.17, 15) is 18.0 Å². The first-order chi connectivity index (χ1) is 13.7. The number of oxime groups is 1. The lowest BCUT2D eigenvalue weighted by atomic mass is 10.1. The van der Waals surface area contributed by atoms with Crippen LogP contribution in [0.2, 0.25) is 0 Å². The van der Waals surface area contributed by atoms with Crippen molar-refractivity contribution in [3.8, 4) is 11.6 Å². The monoisotopic (exact) mass is 428 g/mol. The summed E-state index contributed by atoms with van der Waals surface area (Å²) in [6, 6.07) is 7.43. The summed E-state index contributed by atoms with van der Waals surface area (Å²) in [5.74, 6) is -0.0787. The number of halogens is 3. The van der Waals surface area contributed by atoms with Gasteiger partial charge in [-0.25, -0.2) is 4.68 Å². The van der Waals surface area contributed by atoms with Crippen molar-refractivity contribution in [3.05, 3.63) is 48.2 Å². The number of benzene rings is 1. The summed E-state index contributed by atoms with van der Waals surface area (Å²) in [5.41, 5.74) is -3.05. The maximum absolute atomic E-state index is 12.4. The molecule has 1 aromatic carbocycles. The van der Waals surface area contributed by atoms with Crippen molar-refractivity contribution in [2.24, 2.45) is 5.16 Å². The maximum atomic E-state index is 12.4. The second-order valence-corrected chi connectivity index (χ2v) is 6.68. The van der Waals surface area contributed by atoms with E-state index >= 15 is 0 Å². The third kappa shape index (κ3) is 6.86. The molecule has 0 saturated carbocycles. The molecule has 0 atom stereocenters. The van der Waals surface area contributed by atoms with Gasteiger partial charge in [0.1, 0.15) is 13.7 Å². The minimum atomic E-state index is -4.33. The van der Waals surface area contributed by atoms with Crippen LogP contribution in [0.1, 0.15) is 6.92 Å². The van der Waals surface area contributed by atoms with Crippen LogP contribution in [-0.2, 0) is 9.63 Å². The van der Waals surface area contributed by atoms with Crippen molar-refractivity contribution < 1.29 is 27.5 Å². The Labute approximate surface area is 169 Å². The zero-order valence-corrected chi connectivity index (χ0v) is 16.7. The number of rotatable bonds is 8. The highest BCUT2D eigenvalue weighted by molar-refractivity contribution is 8.00. The Morgan fingerprint density at radius 1 is 1.31 bits per heavy atom. The first-order valence-corrected chi connectivity index (χ1v) is 9.10. The van der Waals surface area contributed by atoms with E-state index in [1.54, 1.807) is 25.3 Å². The number of amides is 1. The molecule has 0 spiro atoms. The van der Waals surface area contributed by atoms with Crippen LogP contribution in [0.3, 0.4) is 0 Å². The minimum absolute atomic E-state index is 0.0927. The number of nitrogens with one attached hydrogen (secondary N) is 1. The lowest BCUT2D eigenvalue weighted by Gasteiger charge is -2.07.